The molecule has 4 aromatic carbocycles. The second kappa shape index (κ2) is 9.74. The average molecular weight is 539 g/mol. The highest BCUT2D eigenvalue weighted by atomic mass is 16.3. The molecule has 0 aliphatic rings. The number of pyridine rings is 1. The van der Waals surface area contributed by atoms with E-state index in [4.69, 9.17) is 13.5 Å². The standard InChI is InChI=1S/C37H33N3O/c1-22(2)30-20-26(25-12-7-6-8-13-25)21-31(23(3)4)34(30)40-33-17-10-9-16-32(33)39-36(40)29-15-11-14-27-28-19-18-24(5)38-37(28)41-35(27)29/h6-23H,1-5H3/i5D3. The summed E-state index contributed by atoms with van der Waals surface area (Å²) in [6.45, 7) is 6.64. The van der Waals surface area contributed by atoms with Gasteiger partial charge in [0, 0.05) is 20.6 Å². The predicted octanol–water partition coefficient (Wildman–Crippen LogP) is 10.2. The van der Waals surface area contributed by atoms with Crippen molar-refractivity contribution in [3.05, 3.63) is 114 Å². The number of nitrogens with zero attached hydrogens (tertiary/aromatic N) is 3. The molecule has 0 amide bonds. The number of hydrogen-bond acceptors (Lipinski definition) is 3. The van der Waals surface area contributed by atoms with Gasteiger partial charge in [0.25, 0.3) is 0 Å². The lowest BCUT2D eigenvalue weighted by molar-refractivity contribution is 0.653. The van der Waals surface area contributed by atoms with Crippen LogP contribution in [0.1, 0.15) is 60.5 Å². The first kappa shape index (κ1) is 22.0. The maximum Gasteiger partial charge on any atom is 0.227 e. The van der Waals surface area contributed by atoms with E-state index in [0.29, 0.717) is 11.3 Å². The van der Waals surface area contributed by atoms with Gasteiger partial charge < -0.3 is 4.42 Å². The number of aryl methyl sites for hydroxylation is 1. The van der Waals surface area contributed by atoms with E-state index < -0.39 is 6.85 Å². The molecule has 0 fully saturated rings. The number of aromatic nitrogens is 3. The van der Waals surface area contributed by atoms with Gasteiger partial charge in [0.2, 0.25) is 5.71 Å². The number of para-hydroxylation sites is 3. The zero-order chi connectivity index (χ0) is 30.7. The Balaban J connectivity index is 1.56. The van der Waals surface area contributed by atoms with Crippen LogP contribution in [0, 0.1) is 6.85 Å². The van der Waals surface area contributed by atoms with Crippen molar-refractivity contribution < 1.29 is 8.53 Å². The van der Waals surface area contributed by atoms with Gasteiger partial charge in [0.1, 0.15) is 11.4 Å². The van der Waals surface area contributed by atoms with Crippen molar-refractivity contribution >= 4 is 33.1 Å². The van der Waals surface area contributed by atoms with E-state index in [0.717, 1.165) is 38.9 Å². The van der Waals surface area contributed by atoms with Crippen LogP contribution in [0.25, 0.3) is 61.3 Å². The smallest absolute Gasteiger partial charge is 0.227 e. The van der Waals surface area contributed by atoms with Crippen molar-refractivity contribution in [2.24, 2.45) is 0 Å². The molecule has 0 atom stereocenters. The first-order valence-corrected chi connectivity index (χ1v) is 14.2. The molecule has 7 aromatic rings. The zero-order valence-corrected chi connectivity index (χ0v) is 23.6. The summed E-state index contributed by atoms with van der Waals surface area (Å²) in [4.78, 5) is 9.61. The molecule has 0 bridgehead atoms. The summed E-state index contributed by atoms with van der Waals surface area (Å²) in [5, 5.41) is 1.64. The number of imidazole rings is 1. The summed E-state index contributed by atoms with van der Waals surface area (Å²) in [6, 6.07) is 32.8. The first-order valence-electron chi connectivity index (χ1n) is 15.7. The molecule has 7 rings (SSSR count). The van der Waals surface area contributed by atoms with Gasteiger partial charge in [-0.15, -0.1) is 0 Å². The van der Waals surface area contributed by atoms with Crippen LogP contribution < -0.4 is 0 Å². The van der Waals surface area contributed by atoms with Crippen molar-refractivity contribution in [3.8, 4) is 28.2 Å². The molecule has 0 saturated carbocycles. The van der Waals surface area contributed by atoms with E-state index in [1.165, 1.54) is 22.3 Å². The van der Waals surface area contributed by atoms with Crippen LogP contribution in [0.4, 0.5) is 0 Å². The van der Waals surface area contributed by atoms with E-state index in [9.17, 15) is 0 Å². The molecular formula is C37H33N3O. The van der Waals surface area contributed by atoms with E-state index in [2.05, 4.69) is 85.8 Å². The van der Waals surface area contributed by atoms with E-state index in [1.54, 1.807) is 12.1 Å². The lowest BCUT2D eigenvalue weighted by atomic mass is 9.88. The van der Waals surface area contributed by atoms with Crippen LogP contribution in [0.15, 0.2) is 101 Å². The second-order valence-electron chi connectivity index (χ2n) is 11.3. The predicted molar refractivity (Wildman–Crippen MR) is 170 cm³/mol. The maximum atomic E-state index is 7.84. The third-order valence-electron chi connectivity index (χ3n) is 7.91. The summed E-state index contributed by atoms with van der Waals surface area (Å²) < 4.78 is 32.2. The minimum Gasteiger partial charge on any atom is -0.437 e. The summed E-state index contributed by atoms with van der Waals surface area (Å²) in [5.41, 5.74) is 9.66. The Morgan fingerprint density at radius 2 is 1.44 bits per heavy atom. The fourth-order valence-electron chi connectivity index (χ4n) is 5.90. The van der Waals surface area contributed by atoms with Gasteiger partial charge in [-0.25, -0.2) is 9.97 Å². The Hall–Kier alpha value is -4.70. The van der Waals surface area contributed by atoms with E-state index in [1.807, 2.05) is 36.4 Å². The van der Waals surface area contributed by atoms with Gasteiger partial charge in [-0.3, -0.25) is 4.57 Å². The second-order valence-corrected chi connectivity index (χ2v) is 11.3. The Bertz CT molecular complexity index is 2140. The maximum absolute atomic E-state index is 7.84. The Kier molecular flexibility index (Phi) is 5.24. The Morgan fingerprint density at radius 3 is 2.17 bits per heavy atom. The van der Waals surface area contributed by atoms with Crippen LogP contribution in [0.5, 0.6) is 0 Å². The molecule has 4 heteroatoms. The third kappa shape index (κ3) is 4.13. The third-order valence-corrected chi connectivity index (χ3v) is 7.91. The molecule has 3 aromatic heterocycles. The molecule has 0 aliphatic heterocycles. The van der Waals surface area contributed by atoms with Crippen molar-refractivity contribution in [2.75, 3.05) is 0 Å². The molecule has 0 radical (unpaired) electrons. The van der Waals surface area contributed by atoms with Gasteiger partial charge >= 0.3 is 0 Å². The van der Waals surface area contributed by atoms with Crippen molar-refractivity contribution in [1.82, 2.24) is 14.5 Å². The zero-order valence-electron chi connectivity index (χ0n) is 26.6. The number of rotatable bonds is 5. The van der Waals surface area contributed by atoms with Crippen LogP contribution in [-0.2, 0) is 0 Å². The minimum absolute atomic E-state index is 0.0134. The molecule has 0 spiro atoms. The molecule has 0 saturated heterocycles. The van der Waals surface area contributed by atoms with Crippen LogP contribution >= 0.6 is 0 Å². The van der Waals surface area contributed by atoms with Gasteiger partial charge in [0.15, 0.2) is 0 Å². The lowest BCUT2D eigenvalue weighted by Gasteiger charge is -2.24. The fourth-order valence-corrected chi connectivity index (χ4v) is 5.90. The summed E-state index contributed by atoms with van der Waals surface area (Å²) in [6.07, 6.45) is 0. The SMILES string of the molecule is [2H]C([2H])([2H])c1ccc2c(n1)oc1c(-c3nc4ccccc4n3-c3c(C(C)C)cc(-c4ccccc4)cc3C(C)C)cccc12. The highest BCUT2D eigenvalue weighted by Crippen LogP contribution is 2.42. The van der Waals surface area contributed by atoms with Gasteiger partial charge in [-0.05, 0) is 83.4 Å². The minimum atomic E-state index is -2.32. The molecule has 4 nitrogen and oxygen atoms in total. The largest absolute Gasteiger partial charge is 0.437 e. The van der Waals surface area contributed by atoms with Crippen LogP contribution in [0.2, 0.25) is 0 Å². The Labute approximate surface area is 244 Å². The van der Waals surface area contributed by atoms with Crippen molar-refractivity contribution in [1.29, 1.82) is 0 Å². The summed E-state index contributed by atoms with van der Waals surface area (Å²) in [7, 11) is 0. The van der Waals surface area contributed by atoms with Gasteiger partial charge in [0.05, 0.1) is 22.3 Å². The quantitative estimate of drug-likeness (QED) is 0.219. The molecule has 0 unspecified atom stereocenters. The van der Waals surface area contributed by atoms with E-state index in [-0.39, 0.29) is 17.5 Å². The van der Waals surface area contributed by atoms with Gasteiger partial charge in [-0.2, -0.15) is 0 Å². The first-order chi connectivity index (χ1) is 21.1. The highest BCUT2D eigenvalue weighted by molar-refractivity contribution is 6.08. The van der Waals surface area contributed by atoms with Crippen LogP contribution in [0.3, 0.4) is 0 Å². The van der Waals surface area contributed by atoms with E-state index >= 15 is 0 Å². The Morgan fingerprint density at radius 1 is 0.707 bits per heavy atom. The molecule has 0 aliphatic carbocycles. The highest BCUT2D eigenvalue weighted by Gasteiger charge is 2.25. The molecular weight excluding hydrogens is 502 g/mol. The van der Waals surface area contributed by atoms with Gasteiger partial charge in [-0.1, -0.05) is 82.3 Å². The fraction of sp³-hybridized carbons (Fsp3) is 0.189. The summed E-state index contributed by atoms with van der Waals surface area (Å²) >= 11 is 0. The number of furan rings is 1. The number of benzene rings is 4. The normalized spacial score (nSPS) is 13.4. The monoisotopic (exact) mass is 538 g/mol. The molecule has 202 valence electrons. The van der Waals surface area contributed by atoms with Crippen molar-refractivity contribution in [2.45, 2.75) is 46.4 Å². The topological polar surface area (TPSA) is 43.9 Å². The molecule has 3 heterocycles. The van der Waals surface area contributed by atoms with Crippen molar-refractivity contribution in [3.63, 3.8) is 0 Å². The summed E-state index contributed by atoms with van der Waals surface area (Å²) in [5.74, 6) is 1.25. The molecule has 41 heavy (non-hydrogen) atoms. The number of fused-ring (bicyclic) bond motifs is 4. The number of hydrogen-bond donors (Lipinski definition) is 0. The lowest BCUT2D eigenvalue weighted by Crippen LogP contribution is -2.09. The van der Waals surface area contributed by atoms with Crippen LogP contribution in [-0.4, -0.2) is 14.5 Å². The average Bonchev–Trinajstić information content (AvgIpc) is 3.58. The molecule has 0 N–H and O–H groups in total.